The van der Waals surface area contributed by atoms with Gasteiger partial charge in [0.15, 0.2) is 0 Å². The molecule has 1 aromatic rings. The molecule has 0 aliphatic carbocycles. The zero-order valence-corrected chi connectivity index (χ0v) is 12.0. The first-order chi connectivity index (χ1) is 9.15. The van der Waals surface area contributed by atoms with Gasteiger partial charge in [0.1, 0.15) is 0 Å². The van der Waals surface area contributed by atoms with Gasteiger partial charge in [-0.2, -0.15) is 0 Å². The number of anilines is 1. The van der Waals surface area contributed by atoms with Gasteiger partial charge in [0.25, 0.3) is 0 Å². The van der Waals surface area contributed by atoms with Crippen LogP contribution in [0.5, 0.6) is 0 Å². The monoisotopic (exact) mass is 263 g/mol. The summed E-state index contributed by atoms with van der Waals surface area (Å²) >= 11 is 0. The van der Waals surface area contributed by atoms with Crippen molar-refractivity contribution in [3.8, 4) is 0 Å². The third kappa shape index (κ3) is 6.25. The molecule has 0 unspecified atom stereocenters. The normalized spacial score (nSPS) is 10.7. The minimum absolute atomic E-state index is 0.115. The van der Waals surface area contributed by atoms with Crippen LogP contribution in [-0.2, 0) is 11.3 Å². The van der Waals surface area contributed by atoms with Gasteiger partial charge in [-0.05, 0) is 43.6 Å². The number of amides is 1. The maximum absolute atomic E-state index is 11.2. The maximum Gasteiger partial charge on any atom is 0.219 e. The van der Waals surface area contributed by atoms with Crippen molar-refractivity contribution in [2.24, 2.45) is 0 Å². The largest absolute Gasteiger partial charge is 0.399 e. The van der Waals surface area contributed by atoms with Crippen molar-refractivity contribution >= 4 is 11.6 Å². The van der Waals surface area contributed by atoms with E-state index in [0.29, 0.717) is 6.42 Å². The van der Waals surface area contributed by atoms with Gasteiger partial charge >= 0.3 is 0 Å². The number of nitrogens with two attached hydrogens (primary N) is 1. The Hall–Kier alpha value is -1.55. The number of nitrogens with zero attached hydrogens (tertiary/aromatic N) is 1. The molecule has 0 saturated heterocycles. The van der Waals surface area contributed by atoms with Crippen LogP contribution in [0.3, 0.4) is 0 Å². The second kappa shape index (κ2) is 8.53. The second-order valence-electron chi connectivity index (χ2n) is 4.79. The molecule has 0 heterocycles. The Morgan fingerprint density at radius 1 is 1.26 bits per heavy atom. The Balaban J connectivity index is 2.43. The van der Waals surface area contributed by atoms with E-state index in [-0.39, 0.29) is 5.91 Å². The lowest BCUT2D eigenvalue weighted by Gasteiger charge is -2.21. The Labute approximate surface area is 116 Å². The van der Waals surface area contributed by atoms with E-state index in [4.69, 9.17) is 5.73 Å². The third-order valence-electron chi connectivity index (χ3n) is 3.08. The molecule has 0 aromatic heterocycles. The maximum atomic E-state index is 11.2. The van der Waals surface area contributed by atoms with Gasteiger partial charge in [-0.1, -0.05) is 19.1 Å². The molecule has 3 N–H and O–H groups in total. The van der Waals surface area contributed by atoms with Gasteiger partial charge < -0.3 is 11.1 Å². The molecular weight excluding hydrogens is 238 g/mol. The van der Waals surface area contributed by atoms with E-state index in [2.05, 4.69) is 29.3 Å². The molecule has 0 radical (unpaired) electrons. The summed E-state index contributed by atoms with van der Waals surface area (Å²) in [5.41, 5.74) is 7.75. The molecule has 1 aromatic carbocycles. The minimum Gasteiger partial charge on any atom is -0.399 e. The van der Waals surface area contributed by atoms with Gasteiger partial charge in [0.05, 0.1) is 0 Å². The molecule has 0 atom stereocenters. The lowest BCUT2D eigenvalue weighted by molar-refractivity contribution is -0.120. The fourth-order valence-corrected chi connectivity index (χ4v) is 2.06. The van der Waals surface area contributed by atoms with Crippen molar-refractivity contribution in [1.82, 2.24) is 10.2 Å². The molecule has 4 heteroatoms. The van der Waals surface area contributed by atoms with Crippen LogP contribution in [0.2, 0.25) is 0 Å². The van der Waals surface area contributed by atoms with E-state index in [0.717, 1.165) is 38.2 Å². The molecule has 0 saturated carbocycles. The fourth-order valence-electron chi connectivity index (χ4n) is 2.06. The average Bonchev–Trinajstić information content (AvgIpc) is 2.41. The molecule has 0 aliphatic heterocycles. The number of nitrogen functional groups attached to an aromatic ring is 1. The van der Waals surface area contributed by atoms with Crippen LogP contribution in [-0.4, -0.2) is 30.9 Å². The first kappa shape index (κ1) is 15.5. The van der Waals surface area contributed by atoms with Gasteiger partial charge in [-0.15, -0.1) is 0 Å². The van der Waals surface area contributed by atoms with Crippen LogP contribution in [0.4, 0.5) is 5.69 Å². The molecule has 106 valence electrons. The summed E-state index contributed by atoms with van der Waals surface area (Å²) in [7, 11) is 1.68. The molecule has 1 amide bonds. The SMILES string of the molecule is CCCN(CCCC(=O)NC)Cc1ccc(N)cc1. The van der Waals surface area contributed by atoms with E-state index in [9.17, 15) is 4.79 Å². The molecule has 4 nitrogen and oxygen atoms in total. The summed E-state index contributed by atoms with van der Waals surface area (Å²) in [6.45, 7) is 5.10. The Morgan fingerprint density at radius 2 is 1.95 bits per heavy atom. The Kier molecular flexibility index (Phi) is 6.97. The van der Waals surface area contributed by atoms with E-state index in [1.54, 1.807) is 7.05 Å². The van der Waals surface area contributed by atoms with Crippen molar-refractivity contribution in [2.45, 2.75) is 32.7 Å². The first-order valence-corrected chi connectivity index (χ1v) is 6.93. The summed E-state index contributed by atoms with van der Waals surface area (Å²) in [5.74, 6) is 0.115. The van der Waals surface area contributed by atoms with Crippen LogP contribution in [0.15, 0.2) is 24.3 Å². The van der Waals surface area contributed by atoms with Crippen molar-refractivity contribution in [3.05, 3.63) is 29.8 Å². The van der Waals surface area contributed by atoms with Crippen LogP contribution in [0.25, 0.3) is 0 Å². The van der Waals surface area contributed by atoms with Crippen molar-refractivity contribution in [2.75, 3.05) is 25.9 Å². The topological polar surface area (TPSA) is 58.4 Å². The van der Waals surface area contributed by atoms with Gasteiger partial charge in [0, 0.05) is 25.7 Å². The van der Waals surface area contributed by atoms with Gasteiger partial charge in [0.2, 0.25) is 5.91 Å². The molecule has 0 bridgehead atoms. The highest BCUT2D eigenvalue weighted by molar-refractivity contribution is 5.75. The quantitative estimate of drug-likeness (QED) is 0.705. The smallest absolute Gasteiger partial charge is 0.219 e. The molecule has 1 rings (SSSR count). The highest BCUT2D eigenvalue weighted by Gasteiger charge is 2.06. The number of benzene rings is 1. The van der Waals surface area contributed by atoms with Crippen LogP contribution >= 0.6 is 0 Å². The number of carbonyl (C=O) groups is 1. The highest BCUT2D eigenvalue weighted by Crippen LogP contribution is 2.09. The molecular formula is C15H25N3O. The number of rotatable bonds is 8. The van der Waals surface area contributed by atoms with Gasteiger partial charge in [-0.3, -0.25) is 9.69 Å². The molecule has 0 fully saturated rings. The van der Waals surface area contributed by atoms with Crippen LogP contribution in [0, 0.1) is 0 Å². The Morgan fingerprint density at radius 3 is 2.53 bits per heavy atom. The van der Waals surface area contributed by atoms with Crippen molar-refractivity contribution in [1.29, 1.82) is 0 Å². The zero-order chi connectivity index (χ0) is 14.1. The van der Waals surface area contributed by atoms with Crippen LogP contribution < -0.4 is 11.1 Å². The molecule has 0 aliphatic rings. The van der Waals surface area contributed by atoms with Crippen molar-refractivity contribution in [3.63, 3.8) is 0 Å². The predicted octanol–water partition coefficient (Wildman–Crippen LogP) is 2.01. The predicted molar refractivity (Wildman–Crippen MR) is 79.7 cm³/mol. The second-order valence-corrected chi connectivity index (χ2v) is 4.79. The van der Waals surface area contributed by atoms with Crippen molar-refractivity contribution < 1.29 is 4.79 Å². The summed E-state index contributed by atoms with van der Waals surface area (Å²) < 4.78 is 0. The van der Waals surface area contributed by atoms with E-state index >= 15 is 0 Å². The van der Waals surface area contributed by atoms with E-state index in [1.807, 2.05) is 12.1 Å². The Bertz CT molecular complexity index is 375. The summed E-state index contributed by atoms with van der Waals surface area (Å²) in [6, 6.07) is 8.00. The van der Waals surface area contributed by atoms with E-state index in [1.165, 1.54) is 5.56 Å². The van der Waals surface area contributed by atoms with E-state index < -0.39 is 0 Å². The number of hydrogen-bond donors (Lipinski definition) is 2. The van der Waals surface area contributed by atoms with Crippen LogP contribution in [0.1, 0.15) is 31.7 Å². The molecule has 19 heavy (non-hydrogen) atoms. The summed E-state index contributed by atoms with van der Waals surface area (Å²) in [5, 5.41) is 2.66. The van der Waals surface area contributed by atoms with Gasteiger partial charge in [-0.25, -0.2) is 0 Å². The minimum atomic E-state index is 0.115. The fraction of sp³-hybridized carbons (Fsp3) is 0.533. The molecule has 0 spiro atoms. The summed E-state index contributed by atoms with van der Waals surface area (Å²) in [4.78, 5) is 13.6. The third-order valence-corrected chi connectivity index (χ3v) is 3.08. The first-order valence-electron chi connectivity index (χ1n) is 6.93. The number of nitrogens with one attached hydrogen (secondary N) is 1. The average molecular weight is 263 g/mol. The lowest BCUT2D eigenvalue weighted by atomic mass is 10.2. The zero-order valence-electron chi connectivity index (χ0n) is 12.0. The number of carbonyl (C=O) groups excluding carboxylic acids is 1. The standard InChI is InChI=1S/C15H25N3O/c1-3-10-18(11-4-5-15(19)17-2)12-13-6-8-14(16)9-7-13/h6-9H,3-5,10-12,16H2,1-2H3,(H,17,19). The summed E-state index contributed by atoms with van der Waals surface area (Å²) in [6.07, 6.45) is 2.61. The number of hydrogen-bond acceptors (Lipinski definition) is 3. The lowest BCUT2D eigenvalue weighted by Crippen LogP contribution is -2.27. The highest BCUT2D eigenvalue weighted by atomic mass is 16.1.